The van der Waals surface area contributed by atoms with Gasteiger partial charge in [-0.2, -0.15) is 11.8 Å². The SMILES string of the molecule is O=C(Cl)OC1CCSC1. The van der Waals surface area contributed by atoms with E-state index < -0.39 is 5.43 Å². The molecule has 1 fully saturated rings. The summed E-state index contributed by atoms with van der Waals surface area (Å²) in [6.07, 6.45) is 1.02. The highest BCUT2D eigenvalue weighted by atomic mass is 35.5. The highest BCUT2D eigenvalue weighted by Crippen LogP contribution is 2.20. The van der Waals surface area contributed by atoms with Crippen molar-refractivity contribution in [3.63, 3.8) is 0 Å². The first-order valence-electron chi connectivity index (χ1n) is 2.73. The molecular weight excluding hydrogens is 160 g/mol. The Labute approximate surface area is 62.9 Å². The molecule has 52 valence electrons. The molecule has 0 amide bonds. The number of thioether (sulfide) groups is 1. The van der Waals surface area contributed by atoms with Crippen LogP contribution < -0.4 is 0 Å². The molecule has 9 heavy (non-hydrogen) atoms. The molecule has 0 saturated carbocycles. The lowest BCUT2D eigenvalue weighted by Gasteiger charge is -2.04. The average Bonchev–Trinajstić information content (AvgIpc) is 2.15. The van der Waals surface area contributed by atoms with Gasteiger partial charge in [0.15, 0.2) is 0 Å². The van der Waals surface area contributed by atoms with Crippen LogP contribution in [0, 0.1) is 0 Å². The lowest BCUT2D eigenvalue weighted by atomic mass is 10.3. The predicted molar refractivity (Wildman–Crippen MR) is 38.1 cm³/mol. The van der Waals surface area contributed by atoms with E-state index in [9.17, 15) is 4.79 Å². The Kier molecular flexibility index (Phi) is 2.66. The molecule has 0 radical (unpaired) electrons. The van der Waals surface area contributed by atoms with Crippen molar-refractivity contribution in [2.24, 2.45) is 0 Å². The lowest BCUT2D eigenvalue weighted by Crippen LogP contribution is -2.12. The Morgan fingerprint density at radius 3 is 3.00 bits per heavy atom. The van der Waals surface area contributed by atoms with Crippen LogP contribution >= 0.6 is 23.4 Å². The summed E-state index contributed by atoms with van der Waals surface area (Å²) in [7, 11) is 0. The number of hydrogen-bond donors (Lipinski definition) is 0. The monoisotopic (exact) mass is 166 g/mol. The van der Waals surface area contributed by atoms with Gasteiger partial charge >= 0.3 is 5.43 Å². The third kappa shape index (κ3) is 2.45. The molecule has 0 bridgehead atoms. The fourth-order valence-corrected chi connectivity index (χ4v) is 1.96. The van der Waals surface area contributed by atoms with E-state index in [1.54, 1.807) is 11.8 Å². The minimum atomic E-state index is -0.678. The van der Waals surface area contributed by atoms with E-state index in [4.69, 9.17) is 16.3 Å². The smallest absolute Gasteiger partial charge is 0.404 e. The van der Waals surface area contributed by atoms with Crippen molar-refractivity contribution in [3.8, 4) is 0 Å². The normalized spacial score (nSPS) is 26.1. The molecule has 1 unspecified atom stereocenters. The molecule has 2 nitrogen and oxygen atoms in total. The first-order valence-corrected chi connectivity index (χ1v) is 4.26. The van der Waals surface area contributed by atoms with Crippen molar-refractivity contribution in [3.05, 3.63) is 0 Å². The van der Waals surface area contributed by atoms with Crippen molar-refractivity contribution in [2.45, 2.75) is 12.5 Å². The number of carbonyl (C=O) groups excluding carboxylic acids is 1. The molecule has 1 heterocycles. The molecule has 1 aliphatic rings. The van der Waals surface area contributed by atoms with E-state index in [2.05, 4.69) is 0 Å². The zero-order valence-electron chi connectivity index (χ0n) is 4.80. The molecule has 0 aromatic carbocycles. The number of halogens is 1. The van der Waals surface area contributed by atoms with E-state index in [0.29, 0.717) is 0 Å². The minimum absolute atomic E-state index is 0.0694. The van der Waals surface area contributed by atoms with E-state index in [0.717, 1.165) is 17.9 Å². The fourth-order valence-electron chi connectivity index (χ4n) is 0.737. The average molecular weight is 167 g/mol. The Morgan fingerprint density at radius 1 is 1.78 bits per heavy atom. The van der Waals surface area contributed by atoms with Crippen molar-refractivity contribution < 1.29 is 9.53 Å². The summed E-state index contributed by atoms with van der Waals surface area (Å²) in [6, 6.07) is 0. The van der Waals surface area contributed by atoms with Crippen molar-refractivity contribution in [1.29, 1.82) is 0 Å². The van der Waals surface area contributed by atoms with E-state index in [1.807, 2.05) is 0 Å². The molecule has 0 aliphatic carbocycles. The molecule has 1 aliphatic heterocycles. The number of rotatable bonds is 1. The first-order chi connectivity index (χ1) is 4.29. The second-order valence-electron chi connectivity index (χ2n) is 1.84. The van der Waals surface area contributed by atoms with Crippen LogP contribution in [0.25, 0.3) is 0 Å². The quantitative estimate of drug-likeness (QED) is 0.557. The van der Waals surface area contributed by atoms with Crippen LogP contribution in [0.4, 0.5) is 4.79 Å². The maximum atomic E-state index is 10.1. The zero-order chi connectivity index (χ0) is 6.69. The maximum Gasteiger partial charge on any atom is 0.404 e. The summed E-state index contributed by atoms with van der Waals surface area (Å²) in [4.78, 5) is 10.1. The van der Waals surface area contributed by atoms with Gasteiger partial charge in [0, 0.05) is 17.4 Å². The fraction of sp³-hybridized carbons (Fsp3) is 0.800. The topological polar surface area (TPSA) is 26.3 Å². The van der Waals surface area contributed by atoms with Crippen LogP contribution in [0.5, 0.6) is 0 Å². The van der Waals surface area contributed by atoms with Gasteiger partial charge in [-0.05, 0) is 12.2 Å². The van der Waals surface area contributed by atoms with Crippen molar-refractivity contribution in [1.82, 2.24) is 0 Å². The summed E-state index contributed by atoms with van der Waals surface area (Å²) in [6.45, 7) is 0. The lowest BCUT2D eigenvalue weighted by molar-refractivity contribution is 0.135. The summed E-state index contributed by atoms with van der Waals surface area (Å²) in [5.41, 5.74) is -0.678. The first kappa shape index (κ1) is 7.22. The van der Waals surface area contributed by atoms with Crippen LogP contribution in [0.15, 0.2) is 0 Å². The third-order valence-corrected chi connectivity index (χ3v) is 2.37. The third-order valence-electron chi connectivity index (χ3n) is 1.15. The summed E-state index contributed by atoms with van der Waals surface area (Å²) < 4.78 is 4.72. The van der Waals surface area contributed by atoms with Crippen molar-refractivity contribution >= 4 is 28.8 Å². The van der Waals surface area contributed by atoms with Crippen LogP contribution in [0.2, 0.25) is 0 Å². The highest BCUT2D eigenvalue weighted by molar-refractivity contribution is 7.99. The Balaban J connectivity index is 2.19. The van der Waals surface area contributed by atoms with E-state index in [-0.39, 0.29) is 6.10 Å². The number of ether oxygens (including phenoxy) is 1. The molecule has 0 spiro atoms. The molecule has 1 rings (SSSR count). The Bertz CT molecular complexity index is 112. The van der Waals surface area contributed by atoms with Crippen LogP contribution in [-0.2, 0) is 4.74 Å². The number of hydrogen-bond acceptors (Lipinski definition) is 3. The second-order valence-corrected chi connectivity index (χ2v) is 3.30. The summed E-state index contributed by atoms with van der Waals surface area (Å²) in [5, 5.41) is 0. The minimum Gasteiger partial charge on any atom is -0.449 e. The van der Waals surface area contributed by atoms with Crippen LogP contribution in [-0.4, -0.2) is 23.0 Å². The van der Waals surface area contributed by atoms with Gasteiger partial charge in [-0.15, -0.1) is 0 Å². The van der Waals surface area contributed by atoms with Crippen molar-refractivity contribution in [2.75, 3.05) is 11.5 Å². The molecular formula is C5H7ClO2S. The predicted octanol–water partition coefficient (Wildman–Crippen LogP) is 1.87. The van der Waals surface area contributed by atoms with Gasteiger partial charge in [-0.3, -0.25) is 0 Å². The van der Waals surface area contributed by atoms with Crippen LogP contribution in [0.3, 0.4) is 0 Å². The molecule has 0 N–H and O–H groups in total. The van der Waals surface area contributed by atoms with Gasteiger partial charge in [-0.25, -0.2) is 4.79 Å². The van der Waals surface area contributed by atoms with Gasteiger partial charge in [0.2, 0.25) is 0 Å². The molecule has 4 heteroatoms. The molecule has 0 aromatic rings. The molecule has 0 aromatic heterocycles. The summed E-state index contributed by atoms with van der Waals surface area (Å²) in [5.74, 6) is 1.98. The van der Waals surface area contributed by atoms with Gasteiger partial charge < -0.3 is 4.74 Å². The van der Waals surface area contributed by atoms with E-state index in [1.165, 1.54) is 0 Å². The Hall–Kier alpha value is 0.110. The maximum absolute atomic E-state index is 10.1. The van der Waals surface area contributed by atoms with Gasteiger partial charge in [-0.1, -0.05) is 0 Å². The second kappa shape index (κ2) is 3.32. The largest absolute Gasteiger partial charge is 0.449 e. The van der Waals surface area contributed by atoms with Gasteiger partial charge in [0.1, 0.15) is 6.10 Å². The zero-order valence-corrected chi connectivity index (χ0v) is 6.37. The van der Waals surface area contributed by atoms with E-state index >= 15 is 0 Å². The summed E-state index contributed by atoms with van der Waals surface area (Å²) >= 11 is 6.78. The van der Waals surface area contributed by atoms with Gasteiger partial charge in [0.05, 0.1) is 0 Å². The van der Waals surface area contributed by atoms with Gasteiger partial charge in [0.25, 0.3) is 0 Å². The highest BCUT2D eigenvalue weighted by Gasteiger charge is 2.18. The number of carbonyl (C=O) groups is 1. The Morgan fingerprint density at radius 2 is 2.56 bits per heavy atom. The molecule has 1 saturated heterocycles. The standard InChI is InChI=1S/C5H7ClO2S/c6-5(7)8-4-1-2-9-3-4/h4H,1-3H2. The van der Waals surface area contributed by atoms with Crippen LogP contribution in [0.1, 0.15) is 6.42 Å². The molecule has 1 atom stereocenters.